The van der Waals surface area contributed by atoms with Gasteiger partial charge in [0.25, 0.3) is 0 Å². The average molecular weight is 342 g/mol. The van der Waals surface area contributed by atoms with Gasteiger partial charge in [-0.1, -0.05) is 42.5 Å². The van der Waals surface area contributed by atoms with Crippen LogP contribution in [-0.4, -0.2) is 6.04 Å². The van der Waals surface area contributed by atoms with Gasteiger partial charge in [-0.3, -0.25) is 0 Å². The highest BCUT2D eigenvalue weighted by Crippen LogP contribution is 2.35. The summed E-state index contributed by atoms with van der Waals surface area (Å²) >= 11 is 0. The van der Waals surface area contributed by atoms with Crippen molar-refractivity contribution >= 4 is 0 Å². The summed E-state index contributed by atoms with van der Waals surface area (Å²) in [5.41, 5.74) is 8.95. The zero-order chi connectivity index (χ0) is 17.6. The van der Waals surface area contributed by atoms with E-state index in [4.69, 9.17) is 5.73 Å². The smallest absolute Gasteiger partial charge is 0.0928 e. The zero-order valence-corrected chi connectivity index (χ0v) is 15.5. The van der Waals surface area contributed by atoms with E-state index in [1.165, 1.54) is 43.7 Å². The number of hydrogen-bond donors (Lipinski definition) is 1. The van der Waals surface area contributed by atoms with Gasteiger partial charge in [0, 0.05) is 12.0 Å². The summed E-state index contributed by atoms with van der Waals surface area (Å²) < 4.78 is 12.8. The van der Waals surface area contributed by atoms with E-state index in [1.807, 2.05) is 0 Å². The highest BCUT2D eigenvalue weighted by molar-refractivity contribution is 5.31. The van der Waals surface area contributed by atoms with Crippen molar-refractivity contribution in [3.63, 3.8) is 0 Å². The minimum Gasteiger partial charge on any atom is -0.328 e. The number of rotatable bonds is 5. The highest BCUT2D eigenvalue weighted by Gasteiger charge is 2.21. The Bertz CT molecular complexity index is 589. The quantitative estimate of drug-likeness (QED) is 0.618. The second-order valence-corrected chi connectivity index (χ2v) is 7.98. The predicted octanol–water partition coefficient (Wildman–Crippen LogP) is 6.37. The molecule has 1 nitrogen and oxygen atoms in total. The molecule has 0 amide bonds. The van der Waals surface area contributed by atoms with Gasteiger partial charge in [-0.15, -0.1) is 0 Å². The van der Waals surface area contributed by atoms with Crippen LogP contribution in [0.5, 0.6) is 0 Å². The molecule has 2 N–H and O–H groups in total. The molecule has 2 heteroatoms. The van der Waals surface area contributed by atoms with Gasteiger partial charge < -0.3 is 5.73 Å². The molecule has 25 heavy (non-hydrogen) atoms. The van der Waals surface area contributed by atoms with Crippen LogP contribution in [0.1, 0.15) is 81.3 Å². The molecule has 1 fully saturated rings. The fourth-order valence-corrected chi connectivity index (χ4v) is 4.36. The maximum absolute atomic E-state index is 12.8. The van der Waals surface area contributed by atoms with E-state index in [0.717, 1.165) is 25.7 Å². The lowest BCUT2D eigenvalue weighted by Crippen LogP contribution is -2.25. The lowest BCUT2D eigenvalue weighted by molar-refractivity contribution is 0.395. The number of halogens is 1. The SMILES string of the molecule is C/C(F)=C/CCC1C=CC(c2ccc(C3CCC(N)CC3)cc2)CC1. The summed E-state index contributed by atoms with van der Waals surface area (Å²) in [6.07, 6.45) is 15.6. The molecule has 2 unspecified atom stereocenters. The first-order valence-corrected chi connectivity index (χ1v) is 9.98. The molecule has 136 valence electrons. The zero-order valence-electron chi connectivity index (χ0n) is 15.5. The van der Waals surface area contributed by atoms with Gasteiger partial charge in [0.1, 0.15) is 0 Å². The molecule has 1 aromatic carbocycles. The first-order valence-electron chi connectivity index (χ1n) is 9.98. The second-order valence-electron chi connectivity index (χ2n) is 7.98. The summed E-state index contributed by atoms with van der Waals surface area (Å²) in [5, 5.41) is 0. The Labute approximate surface area is 152 Å². The Balaban J connectivity index is 1.54. The van der Waals surface area contributed by atoms with E-state index in [0.29, 0.717) is 23.8 Å². The molecule has 0 aromatic heterocycles. The summed E-state index contributed by atoms with van der Waals surface area (Å²) in [6, 6.07) is 9.75. The van der Waals surface area contributed by atoms with Crippen molar-refractivity contribution < 1.29 is 4.39 Å². The number of benzene rings is 1. The van der Waals surface area contributed by atoms with Crippen LogP contribution >= 0.6 is 0 Å². The molecular weight excluding hydrogens is 309 g/mol. The van der Waals surface area contributed by atoms with E-state index >= 15 is 0 Å². The van der Waals surface area contributed by atoms with Crippen LogP contribution in [0.3, 0.4) is 0 Å². The van der Waals surface area contributed by atoms with Crippen LogP contribution in [0.25, 0.3) is 0 Å². The minimum absolute atomic E-state index is 0.0577. The van der Waals surface area contributed by atoms with Gasteiger partial charge in [-0.2, -0.15) is 0 Å². The Morgan fingerprint density at radius 1 is 1.00 bits per heavy atom. The predicted molar refractivity (Wildman–Crippen MR) is 104 cm³/mol. The third-order valence-electron chi connectivity index (χ3n) is 6.03. The molecule has 2 aliphatic rings. The summed E-state index contributed by atoms with van der Waals surface area (Å²) in [5.74, 6) is 1.80. The molecule has 0 radical (unpaired) electrons. The van der Waals surface area contributed by atoms with Gasteiger partial charge in [0.05, 0.1) is 5.83 Å². The molecule has 2 atom stereocenters. The standard InChI is InChI=1S/C23H32FN/c1-17(24)3-2-4-18-5-7-19(8-6-18)20-9-11-21(12-10-20)22-13-15-23(25)16-14-22/h3,5,7,9-12,18-19,22-23H,2,4,6,8,13-16,25H2,1H3/b17-3-. The van der Waals surface area contributed by atoms with Crippen molar-refractivity contribution in [3.8, 4) is 0 Å². The molecule has 3 rings (SSSR count). The lowest BCUT2D eigenvalue weighted by Gasteiger charge is -2.27. The first kappa shape index (κ1) is 18.4. The summed E-state index contributed by atoms with van der Waals surface area (Å²) in [7, 11) is 0. The molecule has 0 saturated heterocycles. The highest BCUT2D eigenvalue weighted by atomic mass is 19.1. The average Bonchev–Trinajstić information content (AvgIpc) is 2.63. The third kappa shape index (κ3) is 5.28. The fraction of sp³-hybridized carbons (Fsp3) is 0.565. The van der Waals surface area contributed by atoms with Crippen LogP contribution < -0.4 is 5.73 Å². The van der Waals surface area contributed by atoms with Gasteiger partial charge >= 0.3 is 0 Å². The van der Waals surface area contributed by atoms with E-state index in [-0.39, 0.29) is 5.83 Å². The summed E-state index contributed by atoms with van der Waals surface area (Å²) in [4.78, 5) is 0. The minimum atomic E-state index is -0.0577. The van der Waals surface area contributed by atoms with Crippen LogP contribution in [0, 0.1) is 5.92 Å². The maximum atomic E-state index is 12.8. The van der Waals surface area contributed by atoms with Gasteiger partial charge in [-0.25, -0.2) is 4.39 Å². The molecule has 1 saturated carbocycles. The van der Waals surface area contributed by atoms with Crippen molar-refractivity contribution in [1.29, 1.82) is 0 Å². The van der Waals surface area contributed by atoms with Crippen molar-refractivity contribution in [3.05, 3.63) is 59.4 Å². The normalized spacial score (nSPS) is 30.4. The fourth-order valence-electron chi connectivity index (χ4n) is 4.36. The van der Waals surface area contributed by atoms with E-state index < -0.39 is 0 Å². The lowest BCUT2D eigenvalue weighted by atomic mass is 9.80. The molecule has 1 aromatic rings. The molecule has 0 spiro atoms. The van der Waals surface area contributed by atoms with Crippen molar-refractivity contribution in [2.75, 3.05) is 0 Å². The Hall–Kier alpha value is -1.41. The van der Waals surface area contributed by atoms with Gasteiger partial charge in [0.2, 0.25) is 0 Å². The molecule has 0 bridgehead atoms. The number of nitrogens with two attached hydrogens (primary N) is 1. The topological polar surface area (TPSA) is 26.0 Å². The van der Waals surface area contributed by atoms with Crippen LogP contribution in [0.2, 0.25) is 0 Å². The van der Waals surface area contributed by atoms with Gasteiger partial charge in [0.15, 0.2) is 0 Å². The molecule has 2 aliphatic carbocycles. The third-order valence-corrected chi connectivity index (χ3v) is 6.03. The van der Waals surface area contributed by atoms with E-state index in [2.05, 4.69) is 36.4 Å². The van der Waals surface area contributed by atoms with Crippen LogP contribution in [-0.2, 0) is 0 Å². The Morgan fingerprint density at radius 3 is 2.28 bits per heavy atom. The first-order chi connectivity index (χ1) is 12.1. The van der Waals surface area contributed by atoms with Crippen molar-refractivity contribution in [2.45, 2.75) is 76.2 Å². The Kier molecular flexibility index (Phi) is 6.47. The van der Waals surface area contributed by atoms with Crippen LogP contribution in [0.15, 0.2) is 48.3 Å². The van der Waals surface area contributed by atoms with Crippen molar-refractivity contribution in [2.24, 2.45) is 11.7 Å². The molecular formula is C23H32FN. The van der Waals surface area contributed by atoms with E-state index in [1.54, 1.807) is 6.08 Å². The number of allylic oxidation sites excluding steroid dienone is 4. The monoisotopic (exact) mass is 341 g/mol. The Morgan fingerprint density at radius 2 is 1.68 bits per heavy atom. The summed E-state index contributed by atoms with van der Waals surface area (Å²) in [6.45, 7) is 1.53. The maximum Gasteiger partial charge on any atom is 0.0928 e. The van der Waals surface area contributed by atoms with E-state index in [9.17, 15) is 4.39 Å². The second kappa shape index (κ2) is 8.80. The largest absolute Gasteiger partial charge is 0.328 e. The molecule has 0 aliphatic heterocycles. The van der Waals surface area contributed by atoms with Crippen molar-refractivity contribution in [1.82, 2.24) is 0 Å². The molecule has 0 heterocycles. The van der Waals surface area contributed by atoms with Crippen LogP contribution in [0.4, 0.5) is 4.39 Å². The van der Waals surface area contributed by atoms with Gasteiger partial charge in [-0.05, 0) is 81.3 Å². The number of hydrogen-bond acceptors (Lipinski definition) is 1.